The van der Waals surface area contributed by atoms with Crippen LogP contribution in [-0.2, 0) is 37.0 Å². The topological polar surface area (TPSA) is 140 Å². The van der Waals surface area contributed by atoms with Gasteiger partial charge in [0, 0.05) is 30.1 Å². The Kier molecular flexibility index (Phi) is 9.99. The first-order valence-corrected chi connectivity index (χ1v) is 15.8. The number of carbonyl (C=O) groups is 3. The molecule has 2 N–H and O–H groups in total. The summed E-state index contributed by atoms with van der Waals surface area (Å²) in [6.45, 7) is 0.00380. The SMILES string of the molecule is O=C(NC1CC(=O)N(c2ccc([C@H]3O[C@@H](CSc4ncccn4)C[C@@H](c4ccc(CO)cc4)O3)cc2)C1=O)OCc1ccccc1. The molecule has 6 rings (SSSR count). The highest BCUT2D eigenvalue weighted by atomic mass is 32.2. The van der Waals surface area contributed by atoms with E-state index in [0.717, 1.165) is 21.6 Å². The number of hydrogen-bond acceptors (Lipinski definition) is 10. The standard InChI is InChI=1S/C34H32N4O7S/c39-19-22-7-9-24(10-8-22)29-17-27(21-46-33-35-15-4-16-36-33)44-32(45-29)25-11-13-26(14-12-25)38-30(40)18-28(31(38)41)37-34(42)43-20-23-5-2-1-3-6-23/h1-16,27-29,32,39H,17-21H2,(H,37,42)/t27-,28?,29+,32+/m1/s1. The fourth-order valence-corrected chi connectivity index (χ4v) is 6.07. The zero-order valence-corrected chi connectivity index (χ0v) is 25.5. The number of aliphatic hydroxyl groups excluding tert-OH is 1. The number of rotatable bonds is 10. The van der Waals surface area contributed by atoms with Crippen molar-refractivity contribution < 1.29 is 33.7 Å². The number of benzene rings is 3. The number of hydrogen-bond donors (Lipinski definition) is 2. The van der Waals surface area contributed by atoms with Gasteiger partial charge in [-0.15, -0.1) is 0 Å². The number of aliphatic hydroxyl groups is 1. The predicted octanol–water partition coefficient (Wildman–Crippen LogP) is 4.86. The van der Waals surface area contributed by atoms with Crippen LogP contribution in [0.15, 0.2) is 102 Å². The lowest BCUT2D eigenvalue weighted by Crippen LogP contribution is -2.42. The quantitative estimate of drug-likeness (QED) is 0.140. The normalized spacial score (nSPS) is 21.3. The lowest BCUT2D eigenvalue weighted by Gasteiger charge is -2.36. The smallest absolute Gasteiger partial charge is 0.408 e. The first kappa shape index (κ1) is 31.4. The summed E-state index contributed by atoms with van der Waals surface area (Å²) in [5.74, 6) is -0.361. The number of anilines is 1. The number of nitrogens with zero attached hydrogens (tertiary/aromatic N) is 3. The molecule has 4 aromatic rings. The van der Waals surface area contributed by atoms with Crippen LogP contribution in [0, 0.1) is 0 Å². The predicted molar refractivity (Wildman–Crippen MR) is 168 cm³/mol. The van der Waals surface area contributed by atoms with Crippen molar-refractivity contribution in [3.05, 3.63) is 120 Å². The molecule has 2 aliphatic rings. The second-order valence-corrected chi connectivity index (χ2v) is 11.8. The molecule has 1 unspecified atom stereocenters. The van der Waals surface area contributed by atoms with Crippen molar-refractivity contribution in [3.8, 4) is 0 Å². The zero-order valence-electron chi connectivity index (χ0n) is 24.7. The minimum atomic E-state index is -1.02. The Hall–Kier alpha value is -4.62. The van der Waals surface area contributed by atoms with E-state index in [1.165, 1.54) is 11.8 Å². The molecule has 3 aromatic carbocycles. The second kappa shape index (κ2) is 14.6. The van der Waals surface area contributed by atoms with Gasteiger partial charge in [0.15, 0.2) is 11.4 Å². The third-order valence-corrected chi connectivity index (χ3v) is 8.64. The van der Waals surface area contributed by atoms with Crippen molar-refractivity contribution in [2.75, 3.05) is 10.7 Å². The van der Waals surface area contributed by atoms with E-state index in [4.69, 9.17) is 14.2 Å². The minimum Gasteiger partial charge on any atom is -0.445 e. The minimum absolute atomic E-state index is 0.0442. The molecule has 46 heavy (non-hydrogen) atoms. The van der Waals surface area contributed by atoms with Crippen LogP contribution in [0.3, 0.4) is 0 Å². The second-order valence-electron chi connectivity index (χ2n) is 10.8. The van der Waals surface area contributed by atoms with Crippen molar-refractivity contribution >= 4 is 35.4 Å². The van der Waals surface area contributed by atoms with Gasteiger partial charge in [0.1, 0.15) is 12.6 Å². The van der Waals surface area contributed by atoms with E-state index in [-0.39, 0.29) is 31.8 Å². The van der Waals surface area contributed by atoms with Gasteiger partial charge in [-0.05, 0) is 34.9 Å². The van der Waals surface area contributed by atoms with E-state index in [2.05, 4.69) is 15.3 Å². The Balaban J connectivity index is 1.12. The largest absolute Gasteiger partial charge is 0.445 e. The van der Waals surface area contributed by atoms with Crippen molar-refractivity contribution in [2.24, 2.45) is 0 Å². The van der Waals surface area contributed by atoms with E-state index in [9.17, 15) is 19.5 Å². The van der Waals surface area contributed by atoms with Crippen molar-refractivity contribution in [1.29, 1.82) is 0 Å². The van der Waals surface area contributed by atoms with Crippen LogP contribution in [0.25, 0.3) is 0 Å². The van der Waals surface area contributed by atoms with Gasteiger partial charge in [-0.25, -0.2) is 19.7 Å². The van der Waals surface area contributed by atoms with Crippen LogP contribution in [-0.4, -0.2) is 50.9 Å². The number of imide groups is 1. The monoisotopic (exact) mass is 640 g/mol. The summed E-state index contributed by atoms with van der Waals surface area (Å²) < 4.78 is 18.0. The van der Waals surface area contributed by atoms with E-state index < -0.39 is 30.2 Å². The molecule has 0 saturated carbocycles. The fourth-order valence-electron chi connectivity index (χ4n) is 5.25. The van der Waals surface area contributed by atoms with Crippen molar-refractivity contribution in [3.63, 3.8) is 0 Å². The summed E-state index contributed by atoms with van der Waals surface area (Å²) in [6.07, 6.45) is 1.87. The van der Waals surface area contributed by atoms with E-state index in [1.807, 2.05) is 54.6 Å². The molecule has 4 atom stereocenters. The average Bonchev–Trinajstić information content (AvgIpc) is 3.38. The summed E-state index contributed by atoms with van der Waals surface area (Å²) in [4.78, 5) is 48.0. The molecular formula is C34H32N4O7S. The van der Waals surface area contributed by atoms with Gasteiger partial charge in [-0.2, -0.15) is 0 Å². The molecule has 2 fully saturated rings. The zero-order chi connectivity index (χ0) is 31.9. The molecule has 2 saturated heterocycles. The number of thioether (sulfide) groups is 1. The Morgan fingerprint density at radius 3 is 2.35 bits per heavy atom. The van der Waals surface area contributed by atoms with Crippen LogP contribution in [0.1, 0.15) is 47.5 Å². The lowest BCUT2D eigenvalue weighted by atomic mass is 10.0. The van der Waals surface area contributed by atoms with Crippen molar-refractivity contribution in [2.45, 2.75) is 55.8 Å². The number of aromatic nitrogens is 2. The maximum Gasteiger partial charge on any atom is 0.408 e. The van der Waals surface area contributed by atoms with Crippen LogP contribution in [0.2, 0.25) is 0 Å². The maximum atomic E-state index is 13.1. The molecule has 236 valence electrons. The summed E-state index contributed by atoms with van der Waals surface area (Å²) >= 11 is 1.50. The fraction of sp³-hybridized carbons (Fsp3) is 0.265. The summed E-state index contributed by atoms with van der Waals surface area (Å²) in [5, 5.41) is 12.6. The lowest BCUT2D eigenvalue weighted by molar-refractivity contribution is -0.245. The highest BCUT2D eigenvalue weighted by Crippen LogP contribution is 2.39. The Labute approximate surface area is 269 Å². The Morgan fingerprint density at radius 1 is 0.913 bits per heavy atom. The van der Waals surface area contributed by atoms with Gasteiger partial charge in [-0.3, -0.25) is 9.59 Å². The maximum absolute atomic E-state index is 13.1. The summed E-state index contributed by atoms with van der Waals surface area (Å²) in [7, 11) is 0. The number of ether oxygens (including phenoxy) is 3. The third kappa shape index (κ3) is 7.60. The van der Waals surface area contributed by atoms with Crippen LogP contribution in [0.5, 0.6) is 0 Å². The molecule has 1 aromatic heterocycles. The number of alkyl carbamates (subject to hydrolysis) is 1. The molecule has 2 aliphatic heterocycles. The Morgan fingerprint density at radius 2 is 1.63 bits per heavy atom. The molecule has 11 nitrogen and oxygen atoms in total. The molecule has 0 aliphatic carbocycles. The van der Waals surface area contributed by atoms with Gasteiger partial charge < -0.3 is 24.6 Å². The number of carbonyl (C=O) groups excluding carboxylic acids is 3. The molecular weight excluding hydrogens is 608 g/mol. The number of amides is 3. The van der Waals surface area contributed by atoms with Crippen LogP contribution in [0.4, 0.5) is 10.5 Å². The van der Waals surface area contributed by atoms with Crippen LogP contribution >= 0.6 is 11.8 Å². The van der Waals surface area contributed by atoms with Gasteiger partial charge in [0.05, 0.1) is 30.9 Å². The van der Waals surface area contributed by atoms with Gasteiger partial charge >= 0.3 is 6.09 Å². The third-order valence-electron chi connectivity index (χ3n) is 7.63. The summed E-state index contributed by atoms with van der Waals surface area (Å²) in [6, 6.07) is 24.4. The molecule has 3 heterocycles. The first-order valence-electron chi connectivity index (χ1n) is 14.8. The summed E-state index contributed by atoms with van der Waals surface area (Å²) in [5.41, 5.74) is 3.66. The van der Waals surface area contributed by atoms with Crippen molar-refractivity contribution in [1.82, 2.24) is 15.3 Å². The molecule has 12 heteroatoms. The molecule has 3 amide bonds. The Bertz CT molecular complexity index is 1640. The van der Waals surface area contributed by atoms with Gasteiger partial charge in [0.25, 0.3) is 5.91 Å². The first-order chi connectivity index (χ1) is 22.5. The van der Waals surface area contributed by atoms with E-state index in [0.29, 0.717) is 28.6 Å². The molecule has 0 radical (unpaired) electrons. The van der Waals surface area contributed by atoms with E-state index >= 15 is 0 Å². The van der Waals surface area contributed by atoms with Gasteiger partial charge in [0.2, 0.25) is 5.91 Å². The van der Waals surface area contributed by atoms with E-state index in [1.54, 1.807) is 42.7 Å². The highest BCUT2D eigenvalue weighted by molar-refractivity contribution is 7.99. The molecule has 0 bridgehead atoms. The average molecular weight is 641 g/mol. The van der Waals surface area contributed by atoms with Gasteiger partial charge in [-0.1, -0.05) is 78.5 Å². The highest BCUT2D eigenvalue weighted by Gasteiger charge is 2.41. The number of nitrogens with one attached hydrogen (secondary N) is 1. The van der Waals surface area contributed by atoms with Crippen LogP contribution < -0.4 is 10.2 Å². The molecule has 0 spiro atoms.